The molecule has 3 aromatic rings. The summed E-state index contributed by atoms with van der Waals surface area (Å²) in [5, 5.41) is 8.42. The van der Waals surface area contributed by atoms with Gasteiger partial charge in [0.25, 0.3) is 5.91 Å². The molecule has 176 valence electrons. The van der Waals surface area contributed by atoms with Crippen molar-refractivity contribution in [3.05, 3.63) is 70.9 Å². The van der Waals surface area contributed by atoms with E-state index in [1.165, 1.54) is 32.4 Å². The molecule has 1 aliphatic rings. The molecule has 1 fully saturated rings. The van der Waals surface area contributed by atoms with Gasteiger partial charge in [0, 0.05) is 35.2 Å². The van der Waals surface area contributed by atoms with Gasteiger partial charge < -0.3 is 20.5 Å². The second kappa shape index (κ2) is 11.2. The lowest BCUT2D eigenvalue weighted by Gasteiger charge is -2.34. The number of hydrogen-bond acceptors (Lipinski definition) is 3. The average Bonchev–Trinajstić information content (AvgIpc) is 3.21. The van der Waals surface area contributed by atoms with Crippen LogP contribution in [0.3, 0.4) is 0 Å². The Morgan fingerprint density at radius 1 is 1.15 bits per heavy atom. The molecule has 0 bridgehead atoms. The molecule has 0 saturated carbocycles. The van der Waals surface area contributed by atoms with E-state index < -0.39 is 0 Å². The summed E-state index contributed by atoms with van der Waals surface area (Å²) >= 11 is 6.17. The maximum Gasteiger partial charge on any atom is 0.251 e. The number of rotatable bonds is 9. The fraction of sp³-hybridized carbons (Fsp3) is 0.444. The van der Waals surface area contributed by atoms with Crippen LogP contribution in [0.5, 0.6) is 0 Å². The van der Waals surface area contributed by atoms with Gasteiger partial charge in [-0.25, -0.2) is 0 Å². The molecule has 33 heavy (non-hydrogen) atoms. The van der Waals surface area contributed by atoms with E-state index in [0.29, 0.717) is 23.2 Å². The van der Waals surface area contributed by atoms with E-state index in [1.54, 1.807) is 6.20 Å². The van der Waals surface area contributed by atoms with Crippen molar-refractivity contribution < 1.29 is 4.79 Å². The van der Waals surface area contributed by atoms with Crippen LogP contribution < -0.4 is 10.6 Å². The van der Waals surface area contributed by atoms with Crippen LogP contribution in [-0.2, 0) is 0 Å². The first-order valence-corrected chi connectivity index (χ1v) is 12.5. The van der Waals surface area contributed by atoms with Gasteiger partial charge >= 0.3 is 0 Å². The predicted octanol–water partition coefficient (Wildman–Crippen LogP) is 5.39. The van der Waals surface area contributed by atoms with Gasteiger partial charge in [0.1, 0.15) is 0 Å². The molecule has 1 saturated heterocycles. The van der Waals surface area contributed by atoms with Crippen LogP contribution in [0, 0.1) is 5.92 Å². The van der Waals surface area contributed by atoms with Crippen LogP contribution in [-0.4, -0.2) is 48.0 Å². The van der Waals surface area contributed by atoms with Crippen LogP contribution in [0.15, 0.2) is 54.7 Å². The van der Waals surface area contributed by atoms with Crippen LogP contribution in [0.4, 0.5) is 0 Å². The molecule has 4 rings (SSSR count). The van der Waals surface area contributed by atoms with Gasteiger partial charge in [0.2, 0.25) is 0 Å². The Bertz CT molecular complexity index is 1040. The normalized spacial score (nSPS) is 16.4. The van der Waals surface area contributed by atoms with Crippen molar-refractivity contribution in [2.75, 3.05) is 26.2 Å². The minimum absolute atomic E-state index is 0.0840. The highest BCUT2D eigenvalue weighted by molar-refractivity contribution is 6.35. The number of nitrogens with zero attached hydrogens (tertiary/aromatic N) is 1. The van der Waals surface area contributed by atoms with Gasteiger partial charge in [0.05, 0.1) is 11.1 Å². The number of aromatic nitrogens is 1. The maximum atomic E-state index is 13.1. The van der Waals surface area contributed by atoms with E-state index in [1.807, 2.05) is 36.4 Å². The minimum Gasteiger partial charge on any atom is -0.360 e. The molecular weight excluding hydrogens is 432 g/mol. The summed E-state index contributed by atoms with van der Waals surface area (Å²) in [6.45, 7) is 8.66. The number of nitrogens with one attached hydrogen (secondary N) is 3. The lowest BCUT2D eigenvalue weighted by Crippen LogP contribution is -2.39. The molecule has 1 amide bonds. The quantitative estimate of drug-likeness (QED) is 0.370. The monoisotopic (exact) mass is 466 g/mol. The van der Waals surface area contributed by atoms with Crippen LogP contribution in [0.25, 0.3) is 10.9 Å². The maximum absolute atomic E-state index is 13.1. The molecule has 3 N–H and O–H groups in total. The topological polar surface area (TPSA) is 60.2 Å². The average molecular weight is 467 g/mol. The Labute approximate surface area is 201 Å². The van der Waals surface area contributed by atoms with E-state index in [9.17, 15) is 4.79 Å². The third-order valence-electron chi connectivity index (χ3n) is 6.86. The van der Waals surface area contributed by atoms with Crippen molar-refractivity contribution in [2.24, 2.45) is 5.92 Å². The Kier molecular flexibility index (Phi) is 8.07. The molecule has 0 spiro atoms. The number of H-pyrrole nitrogens is 1. The van der Waals surface area contributed by atoms with E-state index in [4.69, 9.17) is 11.6 Å². The third kappa shape index (κ3) is 6.17. The predicted molar refractivity (Wildman–Crippen MR) is 137 cm³/mol. The molecule has 0 aliphatic carbocycles. The summed E-state index contributed by atoms with van der Waals surface area (Å²) < 4.78 is 0. The molecule has 0 radical (unpaired) electrons. The molecule has 5 nitrogen and oxygen atoms in total. The van der Waals surface area contributed by atoms with E-state index in [2.05, 4.69) is 46.5 Å². The number of carbonyl (C=O) groups is 1. The molecule has 1 atom stereocenters. The Morgan fingerprint density at radius 2 is 1.91 bits per heavy atom. The van der Waals surface area contributed by atoms with Crippen molar-refractivity contribution in [3.8, 4) is 0 Å². The Morgan fingerprint density at radius 3 is 2.64 bits per heavy atom. The molecule has 1 aliphatic heterocycles. The number of benzene rings is 2. The van der Waals surface area contributed by atoms with Gasteiger partial charge in [-0.2, -0.15) is 0 Å². The molecule has 2 heterocycles. The Hall–Kier alpha value is -2.34. The summed E-state index contributed by atoms with van der Waals surface area (Å²) in [5.74, 6) is 0.705. The zero-order chi connectivity index (χ0) is 23.2. The smallest absolute Gasteiger partial charge is 0.251 e. The van der Waals surface area contributed by atoms with E-state index in [0.717, 1.165) is 28.9 Å². The third-order valence-corrected chi connectivity index (χ3v) is 7.17. The number of piperidine rings is 1. The molecular formula is C27H35ClN4O. The van der Waals surface area contributed by atoms with Crippen molar-refractivity contribution in [2.45, 2.75) is 45.2 Å². The largest absolute Gasteiger partial charge is 0.360 e. The summed E-state index contributed by atoms with van der Waals surface area (Å²) in [5.41, 5.74) is 2.59. The SMILES string of the molecule is CC(C)N1CCC(CCNC[C@H](NC(=O)c2ccc3c(Cl)c[nH]c3c2)c2ccccc2)CC1. The second-order valence-corrected chi connectivity index (χ2v) is 9.81. The van der Waals surface area contributed by atoms with Crippen LogP contribution in [0.1, 0.15) is 55.1 Å². The fourth-order valence-electron chi connectivity index (χ4n) is 4.72. The number of amides is 1. The zero-order valence-electron chi connectivity index (χ0n) is 19.6. The summed E-state index contributed by atoms with van der Waals surface area (Å²) in [6.07, 6.45) is 5.50. The van der Waals surface area contributed by atoms with Crippen molar-refractivity contribution >= 4 is 28.4 Å². The first kappa shape index (κ1) is 23.8. The number of halogens is 1. The van der Waals surface area contributed by atoms with Crippen LogP contribution in [0.2, 0.25) is 5.02 Å². The highest BCUT2D eigenvalue weighted by Crippen LogP contribution is 2.24. The molecule has 2 aromatic carbocycles. The summed E-state index contributed by atoms with van der Waals surface area (Å²) in [7, 11) is 0. The standard InChI is InChI=1S/C27H35ClN4O/c1-19(2)32-14-11-20(12-15-32)10-13-29-18-26(21-6-4-3-5-7-21)31-27(33)22-8-9-23-24(28)17-30-25(23)16-22/h3-9,16-17,19-20,26,29-30H,10-15,18H2,1-2H3,(H,31,33)/t26-/m0/s1. The van der Waals surface area contributed by atoms with E-state index in [-0.39, 0.29) is 11.9 Å². The van der Waals surface area contributed by atoms with Gasteiger partial charge in [-0.05, 0) is 76.4 Å². The highest BCUT2D eigenvalue weighted by atomic mass is 35.5. The first-order chi connectivity index (χ1) is 16.0. The number of hydrogen-bond donors (Lipinski definition) is 3. The number of carbonyl (C=O) groups excluding carboxylic acids is 1. The number of likely N-dealkylation sites (tertiary alicyclic amines) is 1. The zero-order valence-corrected chi connectivity index (χ0v) is 20.4. The van der Waals surface area contributed by atoms with Crippen LogP contribution >= 0.6 is 11.6 Å². The minimum atomic E-state index is -0.0931. The van der Waals surface area contributed by atoms with Gasteiger partial charge in [-0.15, -0.1) is 0 Å². The molecule has 6 heteroatoms. The lowest BCUT2D eigenvalue weighted by molar-refractivity contribution is 0.0936. The molecule has 0 unspecified atom stereocenters. The van der Waals surface area contributed by atoms with Gasteiger partial charge in [-0.1, -0.05) is 48.0 Å². The number of aromatic amines is 1. The van der Waals surface area contributed by atoms with Crippen molar-refractivity contribution in [1.82, 2.24) is 20.5 Å². The number of fused-ring (bicyclic) bond motifs is 1. The van der Waals surface area contributed by atoms with Gasteiger partial charge in [0.15, 0.2) is 0 Å². The lowest BCUT2D eigenvalue weighted by atomic mass is 9.93. The fourth-order valence-corrected chi connectivity index (χ4v) is 4.94. The summed E-state index contributed by atoms with van der Waals surface area (Å²) in [6, 6.07) is 16.3. The second-order valence-electron chi connectivity index (χ2n) is 9.40. The molecule has 1 aromatic heterocycles. The summed E-state index contributed by atoms with van der Waals surface area (Å²) in [4.78, 5) is 18.7. The van der Waals surface area contributed by atoms with E-state index >= 15 is 0 Å². The van der Waals surface area contributed by atoms with Crippen molar-refractivity contribution in [3.63, 3.8) is 0 Å². The van der Waals surface area contributed by atoms with Crippen molar-refractivity contribution in [1.29, 1.82) is 0 Å². The Balaban J connectivity index is 1.33. The first-order valence-electron chi connectivity index (χ1n) is 12.1. The highest BCUT2D eigenvalue weighted by Gasteiger charge is 2.21. The van der Waals surface area contributed by atoms with Gasteiger partial charge in [-0.3, -0.25) is 4.79 Å².